The van der Waals surface area contributed by atoms with Crippen molar-refractivity contribution in [3.63, 3.8) is 0 Å². The third-order valence-corrected chi connectivity index (χ3v) is 4.04. The molecule has 0 saturated carbocycles. The highest BCUT2D eigenvalue weighted by Gasteiger charge is 2.10. The van der Waals surface area contributed by atoms with Crippen molar-refractivity contribution in [3.05, 3.63) is 88.9 Å². The molecule has 0 aliphatic heterocycles. The molecule has 0 aliphatic carbocycles. The fraction of sp³-hybridized carbons (Fsp3) is 0.143. The van der Waals surface area contributed by atoms with Crippen molar-refractivity contribution in [1.82, 2.24) is 5.32 Å². The summed E-state index contributed by atoms with van der Waals surface area (Å²) < 4.78 is 5.18. The Kier molecular flexibility index (Phi) is 5.17. The van der Waals surface area contributed by atoms with Crippen molar-refractivity contribution in [1.29, 1.82) is 0 Å². The normalized spacial score (nSPS) is 10.4. The molecule has 0 aliphatic rings. The molecule has 132 valence electrons. The minimum Gasteiger partial charge on any atom is -0.467 e. The van der Waals surface area contributed by atoms with Gasteiger partial charge < -0.3 is 15.1 Å². The predicted octanol–water partition coefficient (Wildman–Crippen LogP) is 4.08. The molecule has 2 N–H and O–H groups in total. The molecule has 0 atom stereocenters. The summed E-state index contributed by atoms with van der Waals surface area (Å²) in [4.78, 5) is 24.5. The zero-order valence-electron chi connectivity index (χ0n) is 14.7. The van der Waals surface area contributed by atoms with Crippen LogP contribution in [-0.2, 0) is 6.54 Å². The molecule has 0 saturated heterocycles. The molecule has 2 aromatic carbocycles. The predicted molar refractivity (Wildman–Crippen MR) is 100 cm³/mol. The molecule has 0 bridgehead atoms. The molecule has 1 aromatic heterocycles. The average molecular weight is 348 g/mol. The van der Waals surface area contributed by atoms with E-state index in [2.05, 4.69) is 10.6 Å². The number of carbonyl (C=O) groups excluding carboxylic acids is 2. The van der Waals surface area contributed by atoms with Gasteiger partial charge in [0, 0.05) is 16.8 Å². The van der Waals surface area contributed by atoms with Gasteiger partial charge in [-0.15, -0.1) is 0 Å². The zero-order valence-corrected chi connectivity index (χ0v) is 14.7. The third-order valence-electron chi connectivity index (χ3n) is 4.04. The molecule has 3 rings (SSSR count). The maximum atomic E-state index is 12.4. The maximum absolute atomic E-state index is 12.4. The summed E-state index contributed by atoms with van der Waals surface area (Å²) in [5, 5.41) is 5.66. The van der Waals surface area contributed by atoms with Crippen LogP contribution in [0.4, 0.5) is 5.69 Å². The van der Waals surface area contributed by atoms with Gasteiger partial charge in [-0.25, -0.2) is 0 Å². The van der Waals surface area contributed by atoms with E-state index in [1.54, 1.807) is 42.7 Å². The van der Waals surface area contributed by atoms with Crippen molar-refractivity contribution in [2.45, 2.75) is 20.4 Å². The van der Waals surface area contributed by atoms with Crippen LogP contribution in [0, 0.1) is 13.8 Å². The lowest BCUT2D eigenvalue weighted by molar-refractivity contribution is 0.0946. The Morgan fingerprint density at radius 3 is 2.23 bits per heavy atom. The van der Waals surface area contributed by atoms with E-state index in [1.807, 2.05) is 32.0 Å². The van der Waals surface area contributed by atoms with Crippen LogP contribution in [0.5, 0.6) is 0 Å². The molecule has 1 heterocycles. The summed E-state index contributed by atoms with van der Waals surface area (Å²) >= 11 is 0. The number of anilines is 1. The van der Waals surface area contributed by atoms with Crippen molar-refractivity contribution in [2.75, 3.05) is 5.32 Å². The number of carbonyl (C=O) groups is 2. The first-order valence-electron chi connectivity index (χ1n) is 8.32. The number of amides is 2. The minimum atomic E-state index is -0.220. The average Bonchev–Trinajstić information content (AvgIpc) is 3.15. The van der Waals surface area contributed by atoms with E-state index in [4.69, 9.17) is 4.42 Å². The topological polar surface area (TPSA) is 71.3 Å². The van der Waals surface area contributed by atoms with Gasteiger partial charge in [0.2, 0.25) is 0 Å². The summed E-state index contributed by atoms with van der Waals surface area (Å²) in [5.41, 5.74) is 3.91. The molecule has 26 heavy (non-hydrogen) atoms. The highest BCUT2D eigenvalue weighted by Crippen LogP contribution is 2.17. The van der Waals surface area contributed by atoms with Gasteiger partial charge in [0.25, 0.3) is 11.8 Å². The second-order valence-corrected chi connectivity index (χ2v) is 6.11. The molecule has 0 radical (unpaired) electrons. The fourth-order valence-corrected chi connectivity index (χ4v) is 2.60. The molecule has 0 fully saturated rings. The summed E-state index contributed by atoms with van der Waals surface area (Å²) in [7, 11) is 0. The molecule has 5 nitrogen and oxygen atoms in total. The summed E-state index contributed by atoms with van der Waals surface area (Å²) in [6.45, 7) is 4.28. The standard InChI is InChI=1S/C21H20N2O3/c1-14-5-10-19(15(2)12-14)23-21(25)17-8-6-16(7-9-17)20(24)22-13-18-4-3-11-26-18/h3-12H,13H2,1-2H3,(H,22,24)(H,23,25). The molecular formula is C21H20N2O3. The Morgan fingerprint density at radius 2 is 1.62 bits per heavy atom. The lowest BCUT2D eigenvalue weighted by Gasteiger charge is -2.10. The van der Waals surface area contributed by atoms with Crippen molar-refractivity contribution >= 4 is 17.5 Å². The zero-order chi connectivity index (χ0) is 18.5. The Bertz CT molecular complexity index is 913. The van der Waals surface area contributed by atoms with Crippen LogP contribution >= 0.6 is 0 Å². The number of hydrogen-bond donors (Lipinski definition) is 2. The van der Waals surface area contributed by atoms with E-state index < -0.39 is 0 Å². The number of aryl methyl sites for hydroxylation is 2. The monoisotopic (exact) mass is 348 g/mol. The van der Waals surface area contributed by atoms with Gasteiger partial charge >= 0.3 is 0 Å². The first kappa shape index (κ1) is 17.5. The second kappa shape index (κ2) is 7.70. The van der Waals surface area contributed by atoms with E-state index >= 15 is 0 Å². The Balaban J connectivity index is 1.62. The minimum absolute atomic E-state index is 0.209. The first-order chi connectivity index (χ1) is 12.5. The lowest BCUT2D eigenvalue weighted by atomic mass is 10.1. The van der Waals surface area contributed by atoms with E-state index in [9.17, 15) is 9.59 Å². The largest absolute Gasteiger partial charge is 0.467 e. The summed E-state index contributed by atoms with van der Waals surface area (Å²) in [6, 6.07) is 16.0. The molecule has 3 aromatic rings. The number of nitrogens with one attached hydrogen (secondary N) is 2. The number of hydrogen-bond acceptors (Lipinski definition) is 3. The SMILES string of the molecule is Cc1ccc(NC(=O)c2ccc(C(=O)NCc3ccco3)cc2)c(C)c1. The van der Waals surface area contributed by atoms with Gasteiger partial charge in [0.1, 0.15) is 5.76 Å². The second-order valence-electron chi connectivity index (χ2n) is 6.11. The van der Waals surface area contributed by atoms with Crippen LogP contribution < -0.4 is 10.6 Å². The molecule has 0 unspecified atom stereocenters. The van der Waals surface area contributed by atoms with Crippen molar-refractivity contribution < 1.29 is 14.0 Å². The van der Waals surface area contributed by atoms with Crippen LogP contribution in [0.3, 0.4) is 0 Å². The number of rotatable bonds is 5. The quantitative estimate of drug-likeness (QED) is 0.730. The van der Waals surface area contributed by atoms with Gasteiger partial charge in [-0.3, -0.25) is 9.59 Å². The van der Waals surface area contributed by atoms with Gasteiger partial charge in [0.05, 0.1) is 12.8 Å². The van der Waals surface area contributed by atoms with E-state index in [1.165, 1.54) is 0 Å². The van der Waals surface area contributed by atoms with Gasteiger partial charge in [0.15, 0.2) is 0 Å². The van der Waals surface area contributed by atoms with Crippen molar-refractivity contribution in [2.24, 2.45) is 0 Å². The molecule has 5 heteroatoms. The molecule has 2 amide bonds. The first-order valence-corrected chi connectivity index (χ1v) is 8.32. The van der Waals surface area contributed by atoms with Gasteiger partial charge in [-0.05, 0) is 61.9 Å². The molecule has 0 spiro atoms. The Hall–Kier alpha value is -3.34. The van der Waals surface area contributed by atoms with E-state index in [-0.39, 0.29) is 11.8 Å². The van der Waals surface area contributed by atoms with Crippen LogP contribution in [0.1, 0.15) is 37.6 Å². The number of benzene rings is 2. The lowest BCUT2D eigenvalue weighted by Crippen LogP contribution is -2.22. The van der Waals surface area contributed by atoms with Crippen molar-refractivity contribution in [3.8, 4) is 0 Å². The third kappa shape index (κ3) is 4.19. The maximum Gasteiger partial charge on any atom is 0.255 e. The fourth-order valence-electron chi connectivity index (χ4n) is 2.60. The van der Waals surface area contributed by atoms with Gasteiger partial charge in [-0.1, -0.05) is 17.7 Å². The van der Waals surface area contributed by atoms with Crippen LogP contribution in [-0.4, -0.2) is 11.8 Å². The number of furan rings is 1. The summed E-state index contributed by atoms with van der Waals surface area (Å²) in [6.07, 6.45) is 1.56. The summed E-state index contributed by atoms with van der Waals surface area (Å²) in [5.74, 6) is 0.255. The van der Waals surface area contributed by atoms with Crippen LogP contribution in [0.15, 0.2) is 65.3 Å². The highest BCUT2D eigenvalue weighted by atomic mass is 16.3. The van der Waals surface area contributed by atoms with E-state index in [0.717, 1.165) is 16.8 Å². The Labute approximate surface area is 152 Å². The van der Waals surface area contributed by atoms with Crippen LogP contribution in [0.2, 0.25) is 0 Å². The Morgan fingerprint density at radius 1 is 0.923 bits per heavy atom. The smallest absolute Gasteiger partial charge is 0.255 e. The van der Waals surface area contributed by atoms with Crippen LogP contribution in [0.25, 0.3) is 0 Å². The van der Waals surface area contributed by atoms with Gasteiger partial charge in [-0.2, -0.15) is 0 Å². The highest BCUT2D eigenvalue weighted by molar-refractivity contribution is 6.05. The van der Waals surface area contributed by atoms with E-state index in [0.29, 0.717) is 23.4 Å². The molecular weight excluding hydrogens is 328 g/mol.